The maximum Gasteiger partial charge on any atom is 0.263 e. The summed E-state index contributed by atoms with van der Waals surface area (Å²) in [7, 11) is 0. The number of nitrogens with zero attached hydrogens (tertiary/aromatic N) is 1. The fraction of sp³-hybridized carbons (Fsp3) is 0.500. The van der Waals surface area contributed by atoms with Crippen LogP contribution in [0.15, 0.2) is 16.8 Å². The summed E-state index contributed by atoms with van der Waals surface area (Å²) in [5.74, 6) is 0.277. The predicted octanol–water partition coefficient (Wildman–Crippen LogP) is 3.71. The van der Waals surface area contributed by atoms with E-state index in [1.54, 1.807) is 11.3 Å². The number of amides is 1. The molecule has 22 heavy (non-hydrogen) atoms. The first-order valence-corrected chi connectivity index (χ1v) is 9.30. The maximum atomic E-state index is 12.4. The minimum Gasteiger partial charge on any atom is -0.396 e. The van der Waals surface area contributed by atoms with E-state index in [0.29, 0.717) is 17.3 Å². The molecule has 2 aromatic heterocycles. The zero-order valence-corrected chi connectivity index (χ0v) is 14.6. The van der Waals surface area contributed by atoms with Gasteiger partial charge < -0.3 is 10.4 Å². The van der Waals surface area contributed by atoms with Crippen LogP contribution in [0.25, 0.3) is 10.6 Å². The summed E-state index contributed by atoms with van der Waals surface area (Å²) in [4.78, 5) is 17.5. The molecular formula is C16H22N2O2S2. The van der Waals surface area contributed by atoms with Gasteiger partial charge in [-0.3, -0.25) is 4.79 Å². The Labute approximate surface area is 139 Å². The highest BCUT2D eigenvalue weighted by Crippen LogP contribution is 2.29. The smallest absolute Gasteiger partial charge is 0.263 e. The number of thiazole rings is 1. The van der Waals surface area contributed by atoms with Gasteiger partial charge in [-0.2, -0.15) is 11.3 Å². The van der Waals surface area contributed by atoms with Crippen molar-refractivity contribution in [2.24, 2.45) is 5.92 Å². The van der Waals surface area contributed by atoms with Crippen molar-refractivity contribution in [1.29, 1.82) is 0 Å². The molecule has 0 bridgehead atoms. The number of hydrogen-bond donors (Lipinski definition) is 2. The molecule has 0 aromatic carbocycles. The van der Waals surface area contributed by atoms with Crippen molar-refractivity contribution in [2.45, 2.75) is 33.1 Å². The van der Waals surface area contributed by atoms with E-state index in [1.165, 1.54) is 11.3 Å². The first kappa shape index (κ1) is 17.1. The molecule has 1 unspecified atom stereocenters. The molecule has 2 rings (SSSR count). The van der Waals surface area contributed by atoms with Crippen LogP contribution < -0.4 is 5.32 Å². The standard InChI is InChI=1S/C16H22N2O2S2/c1-3-4-12(5-7-19)9-17-15(20)14-11(2)18-16(22-14)13-6-8-21-10-13/h6,8,10,12,19H,3-5,7,9H2,1-2H3,(H,17,20). The highest BCUT2D eigenvalue weighted by atomic mass is 32.1. The quantitative estimate of drug-likeness (QED) is 0.771. The largest absolute Gasteiger partial charge is 0.396 e. The number of aliphatic hydroxyl groups is 1. The van der Waals surface area contributed by atoms with Gasteiger partial charge in [0.25, 0.3) is 5.91 Å². The summed E-state index contributed by atoms with van der Waals surface area (Å²) in [5, 5.41) is 17.0. The predicted molar refractivity (Wildman–Crippen MR) is 92.6 cm³/mol. The SMILES string of the molecule is CCCC(CCO)CNC(=O)c1sc(-c2ccsc2)nc1C. The Bertz CT molecular complexity index is 587. The van der Waals surface area contributed by atoms with Crippen molar-refractivity contribution >= 4 is 28.6 Å². The lowest BCUT2D eigenvalue weighted by Crippen LogP contribution is -2.29. The van der Waals surface area contributed by atoms with Gasteiger partial charge in [0.05, 0.1) is 5.69 Å². The van der Waals surface area contributed by atoms with Crippen LogP contribution in [0.5, 0.6) is 0 Å². The summed E-state index contributed by atoms with van der Waals surface area (Å²) in [6.07, 6.45) is 2.81. The van der Waals surface area contributed by atoms with Gasteiger partial charge in [0.2, 0.25) is 0 Å². The topological polar surface area (TPSA) is 62.2 Å². The third-order valence-electron chi connectivity index (χ3n) is 3.56. The van der Waals surface area contributed by atoms with Crippen LogP contribution in [0.2, 0.25) is 0 Å². The van der Waals surface area contributed by atoms with E-state index in [4.69, 9.17) is 5.11 Å². The van der Waals surface area contributed by atoms with Crippen LogP contribution in [0.1, 0.15) is 41.6 Å². The molecule has 0 aliphatic rings. The van der Waals surface area contributed by atoms with Crippen molar-refractivity contribution in [3.8, 4) is 10.6 Å². The van der Waals surface area contributed by atoms with Crippen LogP contribution >= 0.6 is 22.7 Å². The number of carbonyl (C=O) groups excluding carboxylic acids is 1. The van der Waals surface area contributed by atoms with Gasteiger partial charge in [0, 0.05) is 24.1 Å². The molecule has 0 aliphatic carbocycles. The van der Waals surface area contributed by atoms with E-state index < -0.39 is 0 Å². The minimum absolute atomic E-state index is 0.0597. The van der Waals surface area contributed by atoms with Crippen LogP contribution in [0.3, 0.4) is 0 Å². The van der Waals surface area contributed by atoms with E-state index in [-0.39, 0.29) is 12.5 Å². The number of aliphatic hydroxyl groups excluding tert-OH is 1. The number of nitrogens with one attached hydrogen (secondary N) is 1. The average Bonchev–Trinajstić information content (AvgIpc) is 3.14. The third kappa shape index (κ3) is 4.38. The first-order chi connectivity index (χ1) is 10.7. The number of hydrogen-bond acceptors (Lipinski definition) is 5. The fourth-order valence-corrected chi connectivity index (χ4v) is 4.07. The molecule has 2 N–H and O–H groups in total. The van der Waals surface area contributed by atoms with E-state index in [1.807, 2.05) is 23.8 Å². The van der Waals surface area contributed by atoms with Crippen LogP contribution in [0, 0.1) is 12.8 Å². The molecular weight excluding hydrogens is 316 g/mol. The van der Waals surface area contributed by atoms with Crippen LogP contribution in [0.4, 0.5) is 0 Å². The lowest BCUT2D eigenvalue weighted by molar-refractivity contribution is 0.0946. The third-order valence-corrected chi connectivity index (χ3v) is 5.45. The number of aromatic nitrogens is 1. The molecule has 0 radical (unpaired) electrons. The zero-order valence-electron chi connectivity index (χ0n) is 13.0. The van der Waals surface area contributed by atoms with Crippen molar-refractivity contribution in [3.05, 3.63) is 27.4 Å². The Kier molecular flexibility index (Phi) is 6.54. The van der Waals surface area contributed by atoms with Gasteiger partial charge >= 0.3 is 0 Å². The number of aryl methyl sites for hydroxylation is 1. The Morgan fingerprint density at radius 3 is 2.91 bits per heavy atom. The van der Waals surface area contributed by atoms with Crippen LogP contribution in [-0.4, -0.2) is 29.1 Å². The van der Waals surface area contributed by atoms with Crippen molar-refractivity contribution in [2.75, 3.05) is 13.2 Å². The monoisotopic (exact) mass is 338 g/mol. The lowest BCUT2D eigenvalue weighted by Gasteiger charge is -2.15. The van der Waals surface area contributed by atoms with Gasteiger partial charge in [-0.25, -0.2) is 4.98 Å². The van der Waals surface area contributed by atoms with Gasteiger partial charge in [-0.05, 0) is 37.1 Å². The summed E-state index contributed by atoms with van der Waals surface area (Å²) in [6, 6.07) is 2.02. The van der Waals surface area contributed by atoms with Gasteiger partial charge in [-0.15, -0.1) is 11.3 Å². The molecule has 2 aromatic rings. The Morgan fingerprint density at radius 2 is 2.27 bits per heavy atom. The summed E-state index contributed by atoms with van der Waals surface area (Å²) in [6.45, 7) is 4.77. The summed E-state index contributed by atoms with van der Waals surface area (Å²) in [5.41, 5.74) is 1.85. The lowest BCUT2D eigenvalue weighted by atomic mass is 10.0. The molecule has 120 valence electrons. The van der Waals surface area contributed by atoms with Gasteiger partial charge in [-0.1, -0.05) is 13.3 Å². The molecule has 1 amide bonds. The molecule has 2 heterocycles. The highest BCUT2D eigenvalue weighted by molar-refractivity contribution is 7.17. The summed E-state index contributed by atoms with van der Waals surface area (Å²) >= 11 is 3.06. The second-order valence-corrected chi connectivity index (χ2v) is 7.10. The highest BCUT2D eigenvalue weighted by Gasteiger charge is 2.17. The van der Waals surface area contributed by atoms with Crippen molar-refractivity contribution < 1.29 is 9.90 Å². The van der Waals surface area contributed by atoms with Gasteiger partial charge in [0.15, 0.2) is 0 Å². The Balaban J connectivity index is 2.00. The van der Waals surface area contributed by atoms with Crippen molar-refractivity contribution in [1.82, 2.24) is 10.3 Å². The number of thiophene rings is 1. The molecule has 0 spiro atoms. The Hall–Kier alpha value is -1.24. The van der Waals surface area contributed by atoms with E-state index in [9.17, 15) is 4.79 Å². The van der Waals surface area contributed by atoms with E-state index in [2.05, 4.69) is 17.2 Å². The normalized spacial score (nSPS) is 12.3. The molecule has 0 fully saturated rings. The first-order valence-electron chi connectivity index (χ1n) is 7.54. The average molecular weight is 338 g/mol. The molecule has 4 nitrogen and oxygen atoms in total. The maximum absolute atomic E-state index is 12.4. The molecule has 0 aliphatic heterocycles. The minimum atomic E-state index is -0.0597. The summed E-state index contributed by atoms with van der Waals surface area (Å²) < 4.78 is 0. The second kappa shape index (κ2) is 8.41. The molecule has 0 saturated heterocycles. The van der Waals surface area contributed by atoms with E-state index in [0.717, 1.165) is 35.5 Å². The second-order valence-electron chi connectivity index (χ2n) is 5.32. The molecule has 6 heteroatoms. The molecule has 0 saturated carbocycles. The fourth-order valence-electron chi connectivity index (χ4n) is 2.37. The number of carbonyl (C=O) groups is 1. The number of rotatable bonds is 8. The van der Waals surface area contributed by atoms with Crippen molar-refractivity contribution in [3.63, 3.8) is 0 Å². The van der Waals surface area contributed by atoms with Crippen LogP contribution in [-0.2, 0) is 0 Å². The molecule has 1 atom stereocenters. The Morgan fingerprint density at radius 1 is 1.45 bits per heavy atom. The van der Waals surface area contributed by atoms with Gasteiger partial charge in [0.1, 0.15) is 9.88 Å². The van der Waals surface area contributed by atoms with E-state index >= 15 is 0 Å². The zero-order chi connectivity index (χ0) is 15.9.